The summed E-state index contributed by atoms with van der Waals surface area (Å²) in [5, 5.41) is 17.8. The zero-order valence-electron chi connectivity index (χ0n) is 9.50. The number of carbonyl (C=O) groups is 1. The molecule has 0 amide bonds. The summed E-state index contributed by atoms with van der Waals surface area (Å²) in [5.74, 6) is -1.15. The van der Waals surface area contributed by atoms with Crippen molar-refractivity contribution in [3.05, 3.63) is 35.9 Å². The van der Waals surface area contributed by atoms with Crippen molar-refractivity contribution in [1.82, 2.24) is 0 Å². The maximum absolute atomic E-state index is 11.1. The summed E-state index contributed by atoms with van der Waals surface area (Å²) in [6, 6.07) is 9.58. The van der Waals surface area contributed by atoms with Gasteiger partial charge in [0.2, 0.25) is 0 Å². The first kappa shape index (κ1) is 12.1. The Morgan fingerprint density at radius 1 is 1.41 bits per heavy atom. The van der Waals surface area contributed by atoms with Crippen molar-refractivity contribution < 1.29 is 19.7 Å². The largest absolute Gasteiger partial charge is 0.481 e. The van der Waals surface area contributed by atoms with Crippen molar-refractivity contribution in [2.75, 3.05) is 19.8 Å². The summed E-state index contributed by atoms with van der Waals surface area (Å²) >= 11 is 0. The second kappa shape index (κ2) is 4.85. The molecule has 0 aromatic heterocycles. The molecule has 4 heteroatoms. The molecule has 0 radical (unpaired) electrons. The predicted octanol–water partition coefficient (Wildman–Crippen LogP) is 1.04. The van der Waals surface area contributed by atoms with E-state index in [0.717, 1.165) is 5.56 Å². The van der Waals surface area contributed by atoms with Crippen LogP contribution in [0.3, 0.4) is 0 Å². The van der Waals surface area contributed by atoms with E-state index in [-0.39, 0.29) is 19.1 Å². The van der Waals surface area contributed by atoms with Gasteiger partial charge in [-0.2, -0.15) is 0 Å². The van der Waals surface area contributed by atoms with E-state index in [4.69, 9.17) is 14.9 Å². The molecule has 2 unspecified atom stereocenters. The molecule has 17 heavy (non-hydrogen) atoms. The third-order valence-corrected chi connectivity index (χ3v) is 3.32. The normalized spacial score (nSPS) is 26.8. The van der Waals surface area contributed by atoms with Gasteiger partial charge < -0.3 is 14.9 Å². The van der Waals surface area contributed by atoms with Crippen LogP contribution < -0.4 is 0 Å². The lowest BCUT2D eigenvalue weighted by Gasteiger charge is -2.16. The van der Waals surface area contributed by atoms with Crippen molar-refractivity contribution in [2.45, 2.75) is 11.8 Å². The van der Waals surface area contributed by atoms with Crippen LogP contribution in [0.4, 0.5) is 0 Å². The van der Waals surface area contributed by atoms with Crippen LogP contribution in [0.2, 0.25) is 0 Å². The van der Waals surface area contributed by atoms with Gasteiger partial charge in [0.25, 0.3) is 0 Å². The Labute approximate surface area is 99.8 Å². The molecule has 2 N–H and O–H groups in total. The number of aliphatic hydroxyl groups is 1. The minimum Gasteiger partial charge on any atom is -0.481 e. The number of aliphatic hydroxyl groups excluding tert-OH is 1. The topological polar surface area (TPSA) is 66.8 Å². The minimum absolute atomic E-state index is 0.0391. The first-order valence-corrected chi connectivity index (χ1v) is 5.67. The van der Waals surface area contributed by atoms with E-state index >= 15 is 0 Å². The summed E-state index contributed by atoms with van der Waals surface area (Å²) in [5.41, 5.74) is 0.604. The number of hydrogen-bond acceptors (Lipinski definition) is 3. The molecule has 0 saturated heterocycles. The smallest absolute Gasteiger partial charge is 0.307 e. The zero-order valence-corrected chi connectivity index (χ0v) is 9.50. The third-order valence-electron chi connectivity index (χ3n) is 3.32. The van der Waals surface area contributed by atoms with Crippen LogP contribution in [0.5, 0.6) is 0 Å². The van der Waals surface area contributed by atoms with Gasteiger partial charge >= 0.3 is 5.97 Å². The average Bonchev–Trinajstić information content (AvgIpc) is 3.07. The first-order chi connectivity index (χ1) is 8.20. The highest BCUT2D eigenvalue weighted by atomic mass is 16.5. The summed E-state index contributed by atoms with van der Waals surface area (Å²) in [6.07, 6.45) is 0.609. The number of aliphatic carboxylic acids is 1. The van der Waals surface area contributed by atoms with E-state index < -0.39 is 11.4 Å². The van der Waals surface area contributed by atoms with Crippen molar-refractivity contribution in [3.8, 4) is 0 Å². The van der Waals surface area contributed by atoms with Gasteiger partial charge in [0.1, 0.15) is 0 Å². The Morgan fingerprint density at radius 2 is 2.12 bits per heavy atom. The lowest BCUT2D eigenvalue weighted by Crippen LogP contribution is -2.22. The Bertz CT molecular complexity index is 390. The molecule has 4 nitrogen and oxygen atoms in total. The quantitative estimate of drug-likeness (QED) is 0.724. The van der Waals surface area contributed by atoms with Gasteiger partial charge in [-0.15, -0.1) is 0 Å². The van der Waals surface area contributed by atoms with Crippen molar-refractivity contribution in [2.24, 2.45) is 5.92 Å². The van der Waals surface area contributed by atoms with Gasteiger partial charge in [-0.3, -0.25) is 4.79 Å². The van der Waals surface area contributed by atoms with E-state index in [0.29, 0.717) is 13.0 Å². The van der Waals surface area contributed by atoms with Crippen LogP contribution in [-0.4, -0.2) is 36.0 Å². The number of ether oxygens (including phenoxy) is 1. The van der Waals surface area contributed by atoms with Gasteiger partial charge in [-0.25, -0.2) is 0 Å². The first-order valence-electron chi connectivity index (χ1n) is 5.67. The second-order valence-corrected chi connectivity index (χ2v) is 4.39. The standard InChI is InChI=1S/C13H16O4/c14-6-7-17-9-13(8-11(13)12(15)16)10-4-2-1-3-5-10/h1-5,11,14H,6-9H2,(H,15,16). The SMILES string of the molecule is O=C(O)C1CC1(COCCO)c1ccccc1. The molecule has 0 bridgehead atoms. The Hall–Kier alpha value is -1.39. The minimum atomic E-state index is -0.776. The van der Waals surface area contributed by atoms with E-state index in [1.54, 1.807) is 0 Å². The second-order valence-electron chi connectivity index (χ2n) is 4.39. The molecule has 92 valence electrons. The van der Waals surface area contributed by atoms with Gasteiger partial charge in [-0.1, -0.05) is 30.3 Å². The lowest BCUT2D eigenvalue weighted by atomic mass is 9.94. The lowest BCUT2D eigenvalue weighted by molar-refractivity contribution is -0.139. The van der Waals surface area contributed by atoms with Crippen LogP contribution in [-0.2, 0) is 14.9 Å². The van der Waals surface area contributed by atoms with E-state index in [1.807, 2.05) is 30.3 Å². The summed E-state index contributed by atoms with van der Waals surface area (Å²) in [4.78, 5) is 11.1. The molecule has 2 atom stereocenters. The van der Waals surface area contributed by atoms with Gasteiger partial charge in [0, 0.05) is 5.41 Å². The van der Waals surface area contributed by atoms with Crippen molar-refractivity contribution in [3.63, 3.8) is 0 Å². The highest BCUT2D eigenvalue weighted by Crippen LogP contribution is 2.54. The fourth-order valence-corrected chi connectivity index (χ4v) is 2.28. The molecule has 2 rings (SSSR count). The number of carboxylic acids is 1. The summed E-state index contributed by atoms with van der Waals surface area (Å²) < 4.78 is 5.33. The van der Waals surface area contributed by atoms with Crippen molar-refractivity contribution in [1.29, 1.82) is 0 Å². The van der Waals surface area contributed by atoms with E-state index in [2.05, 4.69) is 0 Å². The molecule has 1 fully saturated rings. The highest BCUT2D eigenvalue weighted by Gasteiger charge is 2.59. The number of hydrogen-bond donors (Lipinski definition) is 2. The molecule has 0 aliphatic heterocycles. The average molecular weight is 236 g/mol. The Kier molecular flexibility index (Phi) is 3.45. The summed E-state index contributed by atoms with van der Waals surface area (Å²) in [7, 11) is 0. The molecule has 1 aromatic carbocycles. The Morgan fingerprint density at radius 3 is 2.65 bits per heavy atom. The van der Waals surface area contributed by atoms with Crippen molar-refractivity contribution >= 4 is 5.97 Å². The van der Waals surface area contributed by atoms with E-state index in [9.17, 15) is 4.79 Å². The Balaban J connectivity index is 2.13. The molecule has 1 aromatic rings. The van der Waals surface area contributed by atoms with Gasteiger partial charge in [-0.05, 0) is 12.0 Å². The molecular weight excluding hydrogens is 220 g/mol. The monoisotopic (exact) mass is 236 g/mol. The number of rotatable bonds is 6. The molecule has 1 saturated carbocycles. The maximum atomic E-state index is 11.1. The van der Waals surface area contributed by atoms with Crippen LogP contribution >= 0.6 is 0 Å². The maximum Gasteiger partial charge on any atom is 0.307 e. The molecule has 1 aliphatic rings. The van der Waals surface area contributed by atoms with Crippen LogP contribution in [0.25, 0.3) is 0 Å². The fourth-order valence-electron chi connectivity index (χ4n) is 2.28. The number of benzene rings is 1. The molecular formula is C13H16O4. The van der Waals surface area contributed by atoms with Gasteiger partial charge in [0.15, 0.2) is 0 Å². The predicted molar refractivity (Wildman–Crippen MR) is 61.8 cm³/mol. The van der Waals surface area contributed by atoms with Crippen LogP contribution in [0.15, 0.2) is 30.3 Å². The summed E-state index contributed by atoms with van der Waals surface area (Å²) in [6.45, 7) is 0.568. The molecule has 1 aliphatic carbocycles. The number of carboxylic acid groups (broad SMARTS) is 1. The van der Waals surface area contributed by atoms with E-state index in [1.165, 1.54) is 0 Å². The molecule has 0 heterocycles. The molecule has 0 spiro atoms. The zero-order chi connectivity index (χ0) is 12.3. The van der Waals surface area contributed by atoms with Gasteiger partial charge in [0.05, 0.1) is 25.7 Å². The van der Waals surface area contributed by atoms with Crippen LogP contribution in [0.1, 0.15) is 12.0 Å². The third kappa shape index (κ3) is 2.33. The van der Waals surface area contributed by atoms with Crippen LogP contribution in [0, 0.1) is 5.92 Å². The fraction of sp³-hybridized carbons (Fsp3) is 0.462. The highest BCUT2D eigenvalue weighted by molar-refractivity contribution is 5.77.